The second-order valence-corrected chi connectivity index (χ2v) is 5.95. The lowest BCUT2D eigenvalue weighted by Gasteiger charge is -2.13. The van der Waals surface area contributed by atoms with Crippen LogP contribution in [0.2, 0.25) is 0 Å². The maximum atomic E-state index is 12.3. The summed E-state index contributed by atoms with van der Waals surface area (Å²) in [5.74, 6) is 0.407. The van der Waals surface area contributed by atoms with Crippen molar-refractivity contribution < 1.29 is 9.21 Å². The molecule has 6 heteroatoms. The average molecular weight is 334 g/mol. The zero-order valence-electron chi connectivity index (χ0n) is 13.5. The summed E-state index contributed by atoms with van der Waals surface area (Å²) in [6, 6.07) is 17.7. The van der Waals surface area contributed by atoms with Crippen LogP contribution in [0, 0.1) is 0 Å². The maximum absolute atomic E-state index is 12.3. The van der Waals surface area contributed by atoms with E-state index in [1.54, 1.807) is 18.4 Å². The predicted molar refractivity (Wildman–Crippen MR) is 95.8 cm³/mol. The quantitative estimate of drug-likeness (QED) is 0.506. The van der Waals surface area contributed by atoms with Gasteiger partial charge in [0, 0.05) is 6.04 Å². The number of rotatable bonds is 4. The Bertz CT molecular complexity index is 899. The van der Waals surface area contributed by atoms with E-state index in [1.165, 1.54) is 22.6 Å². The van der Waals surface area contributed by atoms with E-state index in [1.807, 2.05) is 18.2 Å². The Hall–Kier alpha value is -2.96. The van der Waals surface area contributed by atoms with Crippen molar-refractivity contribution in [3.8, 4) is 0 Å². The number of benzene rings is 2. The fourth-order valence-electron chi connectivity index (χ4n) is 3.09. The molecule has 1 saturated heterocycles. The molecule has 2 aromatic carbocycles. The molecule has 4 rings (SSSR count). The van der Waals surface area contributed by atoms with Crippen molar-refractivity contribution in [1.29, 1.82) is 0 Å². The second-order valence-electron chi connectivity index (χ2n) is 5.95. The van der Waals surface area contributed by atoms with Crippen molar-refractivity contribution in [3.63, 3.8) is 0 Å². The Labute approximate surface area is 144 Å². The molecule has 3 N–H and O–H groups in total. The Morgan fingerprint density at radius 3 is 2.88 bits per heavy atom. The highest BCUT2D eigenvalue weighted by Crippen LogP contribution is 2.29. The predicted octanol–water partition coefficient (Wildman–Crippen LogP) is 2.49. The Balaban J connectivity index is 1.43. The summed E-state index contributed by atoms with van der Waals surface area (Å²) in [5, 5.41) is 6.31. The lowest BCUT2D eigenvalue weighted by atomic mass is 9.96. The van der Waals surface area contributed by atoms with Gasteiger partial charge in [-0.05, 0) is 34.9 Å². The van der Waals surface area contributed by atoms with Crippen LogP contribution in [-0.2, 0) is 4.79 Å². The summed E-state index contributed by atoms with van der Waals surface area (Å²) in [6.45, 7) is 0. The third-order valence-electron chi connectivity index (χ3n) is 4.33. The minimum Gasteiger partial charge on any atom is -0.463 e. The zero-order valence-corrected chi connectivity index (χ0v) is 13.5. The Morgan fingerprint density at radius 2 is 2.00 bits per heavy atom. The number of hydrogen-bond acceptors (Lipinski definition) is 5. The van der Waals surface area contributed by atoms with Gasteiger partial charge in [0.2, 0.25) is 0 Å². The number of fused-ring (bicyclic) bond motifs is 1. The molecule has 1 aromatic heterocycles. The zero-order chi connectivity index (χ0) is 17.1. The molecule has 3 aromatic rings. The molecule has 1 fully saturated rings. The number of amides is 1. The molecule has 1 aliphatic rings. The molecule has 2 unspecified atom stereocenters. The molecule has 1 aliphatic heterocycles. The van der Waals surface area contributed by atoms with Crippen molar-refractivity contribution in [2.75, 3.05) is 0 Å². The first kappa shape index (κ1) is 15.6. The van der Waals surface area contributed by atoms with Crippen LogP contribution in [0.5, 0.6) is 0 Å². The molecule has 2 heterocycles. The van der Waals surface area contributed by atoms with E-state index in [9.17, 15) is 4.79 Å². The van der Waals surface area contributed by atoms with Gasteiger partial charge in [-0.3, -0.25) is 4.79 Å². The summed E-state index contributed by atoms with van der Waals surface area (Å²) in [7, 11) is 0. The normalized spacial score (nSPS) is 20.3. The molecule has 126 valence electrons. The molecular weight excluding hydrogens is 316 g/mol. The van der Waals surface area contributed by atoms with Gasteiger partial charge < -0.3 is 4.42 Å². The highest BCUT2D eigenvalue weighted by molar-refractivity contribution is 5.87. The van der Waals surface area contributed by atoms with Crippen molar-refractivity contribution in [3.05, 3.63) is 72.2 Å². The lowest BCUT2D eigenvalue weighted by Crippen LogP contribution is -2.41. The van der Waals surface area contributed by atoms with Crippen LogP contribution in [0.4, 0.5) is 0 Å². The minimum atomic E-state index is -0.349. The number of nitrogens with zero attached hydrogens (tertiary/aromatic N) is 1. The summed E-state index contributed by atoms with van der Waals surface area (Å²) >= 11 is 0. The van der Waals surface area contributed by atoms with Crippen LogP contribution in [0.15, 0.2) is 70.4 Å². The number of nitrogens with one attached hydrogen (secondary N) is 3. The van der Waals surface area contributed by atoms with Gasteiger partial charge >= 0.3 is 0 Å². The first-order chi connectivity index (χ1) is 12.3. The van der Waals surface area contributed by atoms with Gasteiger partial charge in [0.25, 0.3) is 5.91 Å². The SMILES string of the molecule is O=C(N/N=C/c1ccco1)C1CC(c2cccc3ccccc23)NN1. The van der Waals surface area contributed by atoms with Gasteiger partial charge in [-0.15, -0.1) is 0 Å². The van der Waals surface area contributed by atoms with E-state index in [4.69, 9.17) is 4.42 Å². The molecule has 25 heavy (non-hydrogen) atoms. The van der Waals surface area contributed by atoms with Gasteiger partial charge in [-0.1, -0.05) is 42.5 Å². The van der Waals surface area contributed by atoms with Gasteiger partial charge in [-0.2, -0.15) is 5.10 Å². The summed E-state index contributed by atoms with van der Waals surface area (Å²) in [6.07, 6.45) is 3.68. The highest BCUT2D eigenvalue weighted by atomic mass is 16.3. The van der Waals surface area contributed by atoms with Crippen molar-refractivity contribution >= 4 is 22.9 Å². The van der Waals surface area contributed by atoms with Crippen molar-refractivity contribution in [2.45, 2.75) is 18.5 Å². The molecule has 0 aliphatic carbocycles. The molecular formula is C19H18N4O2. The topological polar surface area (TPSA) is 78.7 Å². The van der Waals surface area contributed by atoms with Gasteiger partial charge in [0.1, 0.15) is 11.8 Å². The Morgan fingerprint density at radius 1 is 1.12 bits per heavy atom. The van der Waals surface area contributed by atoms with Crippen LogP contribution in [0.1, 0.15) is 23.8 Å². The van der Waals surface area contributed by atoms with E-state index >= 15 is 0 Å². The van der Waals surface area contributed by atoms with E-state index in [0.717, 1.165) is 0 Å². The lowest BCUT2D eigenvalue weighted by molar-refractivity contribution is -0.122. The fourth-order valence-corrected chi connectivity index (χ4v) is 3.09. The summed E-state index contributed by atoms with van der Waals surface area (Å²) in [4.78, 5) is 12.3. The molecule has 1 amide bonds. The van der Waals surface area contributed by atoms with Crippen molar-refractivity contribution in [1.82, 2.24) is 16.3 Å². The molecule has 0 spiro atoms. The number of hydrogen-bond donors (Lipinski definition) is 3. The molecule has 2 atom stereocenters. The standard InChI is InChI=1S/C19H18N4O2/c24-19(23-20-12-14-7-4-10-25-14)18-11-17(21-22-18)16-9-3-6-13-5-1-2-8-15(13)16/h1-10,12,17-18,21-22H,11H2,(H,23,24)/b20-12+. The van der Waals surface area contributed by atoms with Crippen LogP contribution in [0.25, 0.3) is 10.8 Å². The second kappa shape index (κ2) is 6.88. The average Bonchev–Trinajstić information content (AvgIpc) is 3.33. The van der Waals surface area contributed by atoms with Gasteiger partial charge in [0.05, 0.1) is 12.5 Å². The number of hydrazone groups is 1. The largest absolute Gasteiger partial charge is 0.463 e. The van der Waals surface area contributed by atoms with E-state index in [-0.39, 0.29) is 18.0 Å². The van der Waals surface area contributed by atoms with Crippen molar-refractivity contribution in [2.24, 2.45) is 5.10 Å². The monoisotopic (exact) mass is 334 g/mol. The number of furan rings is 1. The van der Waals surface area contributed by atoms with E-state index in [2.05, 4.69) is 45.6 Å². The molecule has 0 bridgehead atoms. The van der Waals surface area contributed by atoms with Gasteiger partial charge in [-0.25, -0.2) is 16.3 Å². The fraction of sp³-hybridized carbons (Fsp3) is 0.158. The highest BCUT2D eigenvalue weighted by Gasteiger charge is 2.30. The molecule has 0 saturated carbocycles. The van der Waals surface area contributed by atoms with E-state index < -0.39 is 0 Å². The first-order valence-corrected chi connectivity index (χ1v) is 8.16. The minimum absolute atomic E-state index is 0.0657. The third-order valence-corrected chi connectivity index (χ3v) is 4.33. The molecule has 6 nitrogen and oxygen atoms in total. The first-order valence-electron chi connectivity index (χ1n) is 8.16. The summed E-state index contributed by atoms with van der Waals surface area (Å²) in [5.41, 5.74) is 9.99. The van der Waals surface area contributed by atoms with Crippen LogP contribution in [0.3, 0.4) is 0 Å². The van der Waals surface area contributed by atoms with Crippen LogP contribution >= 0.6 is 0 Å². The van der Waals surface area contributed by atoms with E-state index in [0.29, 0.717) is 12.2 Å². The number of carbonyl (C=O) groups is 1. The smallest absolute Gasteiger partial charge is 0.258 e. The van der Waals surface area contributed by atoms with Gasteiger partial charge in [0.15, 0.2) is 0 Å². The number of hydrazine groups is 1. The maximum Gasteiger partial charge on any atom is 0.258 e. The Kier molecular flexibility index (Phi) is 4.28. The summed E-state index contributed by atoms with van der Waals surface area (Å²) < 4.78 is 5.13. The van der Waals surface area contributed by atoms with Crippen LogP contribution in [-0.4, -0.2) is 18.2 Å². The number of carbonyl (C=O) groups excluding carboxylic acids is 1. The third kappa shape index (κ3) is 3.31. The van der Waals surface area contributed by atoms with Crippen LogP contribution < -0.4 is 16.3 Å². The molecule has 0 radical (unpaired) electrons.